The van der Waals surface area contributed by atoms with Crippen molar-refractivity contribution in [2.75, 3.05) is 52.5 Å². The van der Waals surface area contributed by atoms with Gasteiger partial charge >= 0.3 is 0 Å². The van der Waals surface area contributed by atoms with Gasteiger partial charge in [0, 0.05) is 49.9 Å². The predicted molar refractivity (Wildman–Crippen MR) is 161 cm³/mol. The Morgan fingerprint density at radius 1 is 1.21 bits per heavy atom. The van der Waals surface area contributed by atoms with E-state index in [9.17, 15) is 9.18 Å². The Labute approximate surface area is 252 Å². The van der Waals surface area contributed by atoms with Crippen LogP contribution >= 0.6 is 0 Å². The molecular weight excluding hydrogens is 552 g/mol. The van der Waals surface area contributed by atoms with Crippen molar-refractivity contribution in [2.24, 2.45) is 5.92 Å². The SMILES string of the molecule is Cc1nc(F)c2c(-c3ccc(F)cc3C(=O)N3CCOC[C@H]3C)cc(C3CN([C@@H](CO[C@@H]4CCCNC4)C(C)C)C3)cn12. The number of likely N-dealkylation sites (tertiary alicyclic amines) is 1. The maximum Gasteiger partial charge on any atom is 0.254 e. The van der Waals surface area contributed by atoms with Gasteiger partial charge in [-0.25, -0.2) is 9.37 Å². The second-order valence-corrected chi connectivity index (χ2v) is 12.7. The van der Waals surface area contributed by atoms with Crippen LogP contribution in [0.3, 0.4) is 0 Å². The average molecular weight is 596 g/mol. The van der Waals surface area contributed by atoms with Crippen molar-refractivity contribution in [3.8, 4) is 11.1 Å². The maximum atomic E-state index is 15.4. The number of hydrogen-bond acceptors (Lipinski definition) is 6. The van der Waals surface area contributed by atoms with Gasteiger partial charge in [0.1, 0.15) is 17.2 Å². The molecule has 3 saturated heterocycles. The van der Waals surface area contributed by atoms with Crippen LogP contribution in [0.5, 0.6) is 0 Å². The zero-order chi connectivity index (χ0) is 30.2. The third-order valence-electron chi connectivity index (χ3n) is 9.39. The molecule has 43 heavy (non-hydrogen) atoms. The van der Waals surface area contributed by atoms with E-state index in [1.54, 1.807) is 22.3 Å². The Bertz CT molecular complexity index is 1460. The monoisotopic (exact) mass is 595 g/mol. The van der Waals surface area contributed by atoms with Gasteiger partial charge in [0.2, 0.25) is 5.95 Å². The molecule has 6 rings (SSSR count). The summed E-state index contributed by atoms with van der Waals surface area (Å²) < 4.78 is 43.6. The van der Waals surface area contributed by atoms with Crippen LogP contribution in [-0.4, -0.2) is 95.8 Å². The van der Waals surface area contributed by atoms with Gasteiger partial charge in [0.25, 0.3) is 5.91 Å². The third kappa shape index (κ3) is 6.07. The van der Waals surface area contributed by atoms with E-state index in [-0.39, 0.29) is 29.5 Å². The lowest BCUT2D eigenvalue weighted by Gasteiger charge is -2.46. The molecule has 0 aliphatic carbocycles. The lowest BCUT2D eigenvalue weighted by Crippen LogP contribution is -2.54. The van der Waals surface area contributed by atoms with E-state index in [2.05, 4.69) is 29.0 Å². The lowest BCUT2D eigenvalue weighted by atomic mass is 9.86. The summed E-state index contributed by atoms with van der Waals surface area (Å²) in [4.78, 5) is 22.1. The summed E-state index contributed by atoms with van der Waals surface area (Å²) in [6, 6.07) is 6.33. The summed E-state index contributed by atoms with van der Waals surface area (Å²) in [5.74, 6) is -0.205. The molecule has 1 amide bonds. The number of ether oxygens (including phenoxy) is 2. The summed E-state index contributed by atoms with van der Waals surface area (Å²) >= 11 is 0. The van der Waals surface area contributed by atoms with E-state index in [0.29, 0.717) is 60.8 Å². The maximum absolute atomic E-state index is 15.4. The Kier molecular flexibility index (Phi) is 8.82. The Balaban J connectivity index is 1.30. The van der Waals surface area contributed by atoms with E-state index < -0.39 is 11.8 Å². The minimum Gasteiger partial charge on any atom is -0.377 e. The molecular formula is C33H43F2N5O3. The first-order valence-corrected chi connectivity index (χ1v) is 15.6. The fraction of sp³-hybridized carbons (Fsp3) is 0.576. The van der Waals surface area contributed by atoms with Crippen molar-refractivity contribution in [2.45, 2.75) is 64.6 Å². The molecule has 3 aromatic rings. The first-order chi connectivity index (χ1) is 20.7. The molecule has 0 spiro atoms. The van der Waals surface area contributed by atoms with Crippen molar-refractivity contribution < 1.29 is 23.0 Å². The molecule has 3 aliphatic heterocycles. The summed E-state index contributed by atoms with van der Waals surface area (Å²) in [5, 5.41) is 3.42. The number of amides is 1. The first kappa shape index (κ1) is 30.1. The zero-order valence-electron chi connectivity index (χ0n) is 25.6. The predicted octanol–water partition coefficient (Wildman–Crippen LogP) is 4.64. The van der Waals surface area contributed by atoms with Gasteiger partial charge in [-0.05, 0) is 68.5 Å². The second-order valence-electron chi connectivity index (χ2n) is 12.7. The molecule has 0 bridgehead atoms. The number of hydrogen-bond donors (Lipinski definition) is 1. The van der Waals surface area contributed by atoms with Crippen LogP contribution in [0.25, 0.3) is 16.6 Å². The van der Waals surface area contributed by atoms with Gasteiger partial charge in [0.15, 0.2) is 0 Å². The number of piperidine rings is 1. The van der Waals surface area contributed by atoms with Crippen molar-refractivity contribution in [3.05, 3.63) is 59.2 Å². The molecule has 1 aromatic carbocycles. The summed E-state index contributed by atoms with van der Waals surface area (Å²) in [6.07, 6.45) is 4.48. The quantitative estimate of drug-likeness (QED) is 0.409. The van der Waals surface area contributed by atoms with Crippen LogP contribution in [0.4, 0.5) is 8.78 Å². The van der Waals surface area contributed by atoms with Crippen LogP contribution < -0.4 is 5.32 Å². The highest BCUT2D eigenvalue weighted by Crippen LogP contribution is 2.37. The Morgan fingerprint density at radius 2 is 2.02 bits per heavy atom. The second kappa shape index (κ2) is 12.6. The normalized spacial score (nSPS) is 22.7. The van der Waals surface area contributed by atoms with Crippen LogP contribution in [0, 0.1) is 24.6 Å². The minimum atomic E-state index is -0.606. The van der Waals surface area contributed by atoms with Gasteiger partial charge in [-0.1, -0.05) is 19.9 Å². The highest BCUT2D eigenvalue weighted by molar-refractivity contribution is 6.03. The number of halogens is 2. The first-order valence-electron chi connectivity index (χ1n) is 15.6. The summed E-state index contributed by atoms with van der Waals surface area (Å²) in [5.41, 5.74) is 2.60. The fourth-order valence-corrected chi connectivity index (χ4v) is 6.78. The molecule has 1 N–H and O–H groups in total. The minimum absolute atomic E-state index is 0.147. The number of aryl methyl sites for hydroxylation is 1. The molecule has 3 atom stereocenters. The molecule has 0 radical (unpaired) electrons. The van der Waals surface area contributed by atoms with Crippen molar-refractivity contribution in [3.63, 3.8) is 0 Å². The van der Waals surface area contributed by atoms with Crippen LogP contribution in [0.15, 0.2) is 30.5 Å². The number of nitrogens with one attached hydrogen (secondary N) is 1. The highest BCUT2D eigenvalue weighted by Gasteiger charge is 2.36. The summed E-state index contributed by atoms with van der Waals surface area (Å²) in [6.45, 7) is 13.8. The van der Waals surface area contributed by atoms with Gasteiger partial charge in [0.05, 0.1) is 37.5 Å². The highest BCUT2D eigenvalue weighted by atomic mass is 19.1. The van der Waals surface area contributed by atoms with Crippen LogP contribution in [-0.2, 0) is 9.47 Å². The Morgan fingerprint density at radius 3 is 2.74 bits per heavy atom. The van der Waals surface area contributed by atoms with E-state index >= 15 is 4.39 Å². The number of rotatable bonds is 8. The smallest absolute Gasteiger partial charge is 0.254 e. The number of morpholine rings is 1. The fourth-order valence-electron chi connectivity index (χ4n) is 6.78. The lowest BCUT2D eigenvalue weighted by molar-refractivity contribution is -0.0365. The topological polar surface area (TPSA) is 71.3 Å². The molecule has 5 heterocycles. The Hall–Kier alpha value is -2.92. The van der Waals surface area contributed by atoms with E-state index in [1.807, 2.05) is 19.2 Å². The molecule has 232 valence electrons. The van der Waals surface area contributed by atoms with Crippen LogP contribution in [0.1, 0.15) is 61.3 Å². The number of carbonyl (C=O) groups excluding carboxylic acids is 1. The molecule has 0 unspecified atom stereocenters. The zero-order valence-corrected chi connectivity index (χ0v) is 25.6. The van der Waals surface area contributed by atoms with E-state index in [1.165, 1.54) is 12.1 Å². The number of fused-ring (bicyclic) bond motifs is 1. The number of nitrogens with zero attached hydrogens (tertiary/aromatic N) is 4. The summed E-state index contributed by atoms with van der Waals surface area (Å²) in [7, 11) is 0. The molecule has 8 nitrogen and oxygen atoms in total. The van der Waals surface area contributed by atoms with Crippen LogP contribution in [0.2, 0.25) is 0 Å². The van der Waals surface area contributed by atoms with E-state index in [4.69, 9.17) is 9.47 Å². The number of aromatic nitrogens is 2. The van der Waals surface area contributed by atoms with Crippen molar-refractivity contribution in [1.29, 1.82) is 0 Å². The van der Waals surface area contributed by atoms with Gasteiger partial charge in [-0.2, -0.15) is 4.39 Å². The largest absolute Gasteiger partial charge is 0.377 e. The number of pyridine rings is 1. The molecule has 3 fully saturated rings. The number of imidazole rings is 1. The third-order valence-corrected chi connectivity index (χ3v) is 9.39. The van der Waals surface area contributed by atoms with Crippen molar-refractivity contribution in [1.82, 2.24) is 24.5 Å². The molecule has 3 aliphatic rings. The molecule has 0 saturated carbocycles. The average Bonchev–Trinajstić information content (AvgIpc) is 3.26. The van der Waals surface area contributed by atoms with Gasteiger partial charge in [-0.3, -0.25) is 9.69 Å². The number of benzene rings is 1. The van der Waals surface area contributed by atoms with Gasteiger partial charge in [-0.15, -0.1) is 0 Å². The van der Waals surface area contributed by atoms with E-state index in [0.717, 1.165) is 44.6 Å². The van der Waals surface area contributed by atoms with Crippen molar-refractivity contribution >= 4 is 11.4 Å². The number of carbonyl (C=O) groups is 1. The van der Waals surface area contributed by atoms with Gasteiger partial charge < -0.3 is 24.1 Å². The molecule has 10 heteroatoms. The standard InChI is InChI=1S/C33H43F2N5O3/c1-20(2)30(19-43-26-6-5-9-36-14-26)38-15-24(16-38)23-12-28(31-32(35)37-22(4)40(31)17-23)27-8-7-25(34)13-29(27)33(41)39-10-11-42-18-21(39)3/h7-8,12-13,17,20-21,24,26,30,36H,5-6,9-11,14-16,18-19H2,1-4H3/t21-,26-,30+/m1/s1. The molecule has 2 aromatic heterocycles.